The van der Waals surface area contributed by atoms with Gasteiger partial charge < -0.3 is 9.47 Å². The van der Waals surface area contributed by atoms with Crippen molar-refractivity contribution in [3.63, 3.8) is 0 Å². The largest absolute Gasteiger partial charge is 0.466 e. The molecule has 0 aliphatic heterocycles. The summed E-state index contributed by atoms with van der Waals surface area (Å²) in [5, 5.41) is 0. The van der Waals surface area contributed by atoms with Crippen LogP contribution in [-0.2, 0) is 19.1 Å². The van der Waals surface area contributed by atoms with Crippen molar-refractivity contribution in [3.8, 4) is 0 Å². The lowest BCUT2D eigenvalue weighted by atomic mass is 9.90. The second-order valence-corrected chi connectivity index (χ2v) is 10.7. The maximum Gasteiger partial charge on any atom is 0.308 e. The Bertz CT molecular complexity index is 477. The summed E-state index contributed by atoms with van der Waals surface area (Å²) in [6.45, 7) is 9.73. The van der Waals surface area contributed by atoms with Crippen molar-refractivity contribution in [3.05, 3.63) is 0 Å². The fraction of sp³-hybridized carbons (Fsp3) is 0.935. The monoisotopic (exact) mass is 496 g/mol. The van der Waals surface area contributed by atoms with Gasteiger partial charge in [0.15, 0.2) is 0 Å². The molecule has 0 aromatic rings. The van der Waals surface area contributed by atoms with Gasteiger partial charge in [0.05, 0.1) is 19.1 Å². The van der Waals surface area contributed by atoms with E-state index in [0.717, 1.165) is 57.8 Å². The average molecular weight is 497 g/mol. The molecule has 0 N–H and O–H groups in total. The number of carbonyl (C=O) groups is 2. The lowest BCUT2D eigenvalue weighted by molar-refractivity contribution is -0.150. The van der Waals surface area contributed by atoms with E-state index < -0.39 is 0 Å². The number of hydrogen-bond donors (Lipinski definition) is 0. The highest BCUT2D eigenvalue weighted by molar-refractivity contribution is 5.72. The predicted octanol–water partition coefficient (Wildman–Crippen LogP) is 9.58. The summed E-state index contributed by atoms with van der Waals surface area (Å²) >= 11 is 0. The Kier molecular flexibility index (Phi) is 25.2. The Morgan fingerprint density at radius 2 is 0.971 bits per heavy atom. The molecule has 0 fully saturated rings. The molecule has 0 bridgehead atoms. The lowest BCUT2D eigenvalue weighted by Gasteiger charge is -2.18. The van der Waals surface area contributed by atoms with Crippen LogP contribution in [0.3, 0.4) is 0 Å². The number of unbranched alkanes of at least 4 members (excludes halogenated alkanes) is 16. The summed E-state index contributed by atoms with van der Waals surface area (Å²) in [5.41, 5.74) is 0. The van der Waals surface area contributed by atoms with Gasteiger partial charge in [-0.25, -0.2) is 0 Å². The van der Waals surface area contributed by atoms with E-state index in [9.17, 15) is 9.59 Å². The van der Waals surface area contributed by atoms with Crippen LogP contribution >= 0.6 is 0 Å². The third-order valence-corrected chi connectivity index (χ3v) is 7.27. The fourth-order valence-corrected chi connectivity index (χ4v) is 4.43. The van der Waals surface area contributed by atoms with Crippen molar-refractivity contribution in [1.29, 1.82) is 0 Å². The van der Waals surface area contributed by atoms with Gasteiger partial charge in [0.2, 0.25) is 0 Å². The molecule has 35 heavy (non-hydrogen) atoms. The summed E-state index contributed by atoms with van der Waals surface area (Å²) in [6.07, 6.45) is 24.9. The SMILES string of the molecule is CCCCCOC(=O)CCCCCCCCCCCCCCCC(C)C(C)C(=O)OCCCCC. The van der Waals surface area contributed by atoms with Crippen LogP contribution in [0, 0.1) is 11.8 Å². The van der Waals surface area contributed by atoms with E-state index in [2.05, 4.69) is 20.8 Å². The molecular weight excluding hydrogens is 436 g/mol. The van der Waals surface area contributed by atoms with Crippen LogP contribution in [0.15, 0.2) is 0 Å². The molecular formula is C31H60O4. The molecule has 0 amide bonds. The average Bonchev–Trinajstić information content (AvgIpc) is 2.86. The molecule has 0 aromatic heterocycles. The summed E-state index contributed by atoms with van der Waals surface area (Å²) in [4.78, 5) is 23.7. The molecule has 0 radical (unpaired) electrons. The molecule has 0 aliphatic rings. The first-order valence-corrected chi connectivity index (χ1v) is 15.3. The van der Waals surface area contributed by atoms with E-state index in [1.54, 1.807) is 0 Å². The summed E-state index contributed by atoms with van der Waals surface area (Å²) in [7, 11) is 0. The van der Waals surface area contributed by atoms with Crippen molar-refractivity contribution >= 4 is 11.9 Å². The zero-order chi connectivity index (χ0) is 26.0. The third kappa shape index (κ3) is 23.1. The molecule has 0 heterocycles. The first-order chi connectivity index (χ1) is 17.0. The van der Waals surface area contributed by atoms with E-state index in [1.807, 2.05) is 6.92 Å². The van der Waals surface area contributed by atoms with Gasteiger partial charge in [0.1, 0.15) is 0 Å². The van der Waals surface area contributed by atoms with Gasteiger partial charge in [0, 0.05) is 6.42 Å². The van der Waals surface area contributed by atoms with Crippen LogP contribution in [0.1, 0.15) is 163 Å². The molecule has 0 rings (SSSR count). The maximum atomic E-state index is 12.1. The minimum absolute atomic E-state index is 0.00790. The number of esters is 2. The Morgan fingerprint density at radius 1 is 0.543 bits per heavy atom. The smallest absolute Gasteiger partial charge is 0.308 e. The molecule has 0 aromatic carbocycles. The number of carbonyl (C=O) groups excluding carboxylic acids is 2. The normalized spacial score (nSPS) is 12.9. The molecule has 4 heteroatoms. The molecule has 0 aliphatic carbocycles. The van der Waals surface area contributed by atoms with E-state index in [-0.39, 0.29) is 17.9 Å². The van der Waals surface area contributed by atoms with Gasteiger partial charge in [-0.3, -0.25) is 9.59 Å². The van der Waals surface area contributed by atoms with Crippen LogP contribution < -0.4 is 0 Å². The quantitative estimate of drug-likeness (QED) is 0.0883. The summed E-state index contributed by atoms with van der Waals surface area (Å²) in [6, 6.07) is 0. The molecule has 2 unspecified atom stereocenters. The Balaban J connectivity index is 3.36. The van der Waals surface area contributed by atoms with Gasteiger partial charge in [-0.05, 0) is 31.6 Å². The zero-order valence-corrected chi connectivity index (χ0v) is 24.1. The Hall–Kier alpha value is -1.06. The number of rotatable bonds is 26. The highest BCUT2D eigenvalue weighted by atomic mass is 16.5. The van der Waals surface area contributed by atoms with Gasteiger partial charge in [-0.1, -0.05) is 130 Å². The molecule has 0 saturated heterocycles. The van der Waals surface area contributed by atoms with E-state index in [4.69, 9.17) is 9.47 Å². The van der Waals surface area contributed by atoms with Crippen molar-refractivity contribution < 1.29 is 19.1 Å². The van der Waals surface area contributed by atoms with E-state index >= 15 is 0 Å². The summed E-state index contributed by atoms with van der Waals surface area (Å²) in [5.74, 6) is 0.418. The van der Waals surface area contributed by atoms with Crippen LogP contribution in [0.2, 0.25) is 0 Å². The standard InChI is InChI=1S/C31H60O4/c1-5-7-22-26-34-30(32)25-21-19-17-15-13-11-9-10-12-14-16-18-20-24-28(3)29(4)31(33)35-27-23-8-6-2/h28-29H,5-27H2,1-4H3. The van der Waals surface area contributed by atoms with Crippen molar-refractivity contribution in [1.82, 2.24) is 0 Å². The topological polar surface area (TPSA) is 52.6 Å². The highest BCUT2D eigenvalue weighted by Crippen LogP contribution is 2.21. The molecule has 4 nitrogen and oxygen atoms in total. The first-order valence-electron chi connectivity index (χ1n) is 15.3. The number of ether oxygens (including phenoxy) is 2. The van der Waals surface area contributed by atoms with Crippen LogP contribution in [0.5, 0.6) is 0 Å². The molecule has 2 atom stereocenters. The lowest BCUT2D eigenvalue weighted by Crippen LogP contribution is -2.22. The van der Waals surface area contributed by atoms with Crippen molar-refractivity contribution in [2.45, 2.75) is 163 Å². The molecule has 208 valence electrons. The third-order valence-electron chi connectivity index (χ3n) is 7.27. The van der Waals surface area contributed by atoms with Gasteiger partial charge in [-0.15, -0.1) is 0 Å². The Labute approximate surface area is 218 Å². The zero-order valence-electron chi connectivity index (χ0n) is 24.1. The second-order valence-electron chi connectivity index (χ2n) is 10.7. The van der Waals surface area contributed by atoms with E-state index in [0.29, 0.717) is 25.6 Å². The fourth-order valence-electron chi connectivity index (χ4n) is 4.43. The number of hydrogen-bond acceptors (Lipinski definition) is 4. The minimum Gasteiger partial charge on any atom is -0.466 e. The maximum absolute atomic E-state index is 12.1. The first kappa shape index (κ1) is 33.9. The van der Waals surface area contributed by atoms with Crippen LogP contribution in [0.25, 0.3) is 0 Å². The second kappa shape index (κ2) is 26.0. The Morgan fingerprint density at radius 3 is 1.46 bits per heavy atom. The van der Waals surface area contributed by atoms with Gasteiger partial charge >= 0.3 is 11.9 Å². The van der Waals surface area contributed by atoms with E-state index in [1.165, 1.54) is 70.6 Å². The predicted molar refractivity (Wildman–Crippen MR) is 149 cm³/mol. The van der Waals surface area contributed by atoms with Crippen molar-refractivity contribution in [2.75, 3.05) is 13.2 Å². The van der Waals surface area contributed by atoms with Gasteiger partial charge in [-0.2, -0.15) is 0 Å². The highest BCUT2D eigenvalue weighted by Gasteiger charge is 2.21. The van der Waals surface area contributed by atoms with Crippen LogP contribution in [0.4, 0.5) is 0 Å². The van der Waals surface area contributed by atoms with Crippen molar-refractivity contribution in [2.24, 2.45) is 11.8 Å². The molecule has 0 spiro atoms. The molecule has 0 saturated carbocycles. The van der Waals surface area contributed by atoms with Gasteiger partial charge in [0.25, 0.3) is 0 Å². The minimum atomic E-state index is -0.0111. The van der Waals surface area contributed by atoms with Crippen LogP contribution in [-0.4, -0.2) is 25.2 Å². The summed E-state index contributed by atoms with van der Waals surface area (Å²) < 4.78 is 10.7.